The molecule has 0 aliphatic rings. The van der Waals surface area contributed by atoms with Gasteiger partial charge in [-0.15, -0.1) is 11.3 Å². The highest BCUT2D eigenvalue weighted by Crippen LogP contribution is 2.27. The highest BCUT2D eigenvalue weighted by molar-refractivity contribution is 7.16. The zero-order chi connectivity index (χ0) is 25.9. The Kier molecular flexibility index (Phi) is 6.66. The van der Waals surface area contributed by atoms with Crippen LogP contribution >= 0.6 is 22.9 Å². The molecule has 0 aromatic carbocycles. The highest BCUT2D eigenvalue weighted by atomic mass is 35.5. The third-order valence-electron chi connectivity index (χ3n) is 5.33. The average molecular weight is 537 g/mol. The molecule has 1 N–H and O–H groups in total. The van der Waals surface area contributed by atoms with Gasteiger partial charge in [0.15, 0.2) is 24.2 Å². The number of carbonyl (C=O) groups is 2. The Morgan fingerprint density at radius 3 is 2.78 bits per heavy atom. The van der Waals surface area contributed by atoms with E-state index in [4.69, 9.17) is 20.4 Å². The van der Waals surface area contributed by atoms with E-state index < -0.39 is 17.2 Å². The number of hydrogen-bond donors (Lipinski definition) is 1. The van der Waals surface area contributed by atoms with Crippen molar-refractivity contribution in [1.82, 2.24) is 24.3 Å². The van der Waals surface area contributed by atoms with E-state index in [2.05, 4.69) is 27.0 Å². The molecule has 0 aliphatic carbocycles. The molecule has 0 aliphatic heterocycles. The van der Waals surface area contributed by atoms with Crippen LogP contribution in [0.2, 0.25) is 4.34 Å². The number of aromatic nitrogens is 5. The van der Waals surface area contributed by atoms with Gasteiger partial charge in [-0.3, -0.25) is 14.4 Å². The minimum atomic E-state index is -0.530. The number of thiophene rings is 1. The van der Waals surface area contributed by atoms with Crippen molar-refractivity contribution in [3.63, 3.8) is 0 Å². The Hall–Kier alpha value is -4.55. The summed E-state index contributed by atoms with van der Waals surface area (Å²) in [5.74, 6) is -0.529. The van der Waals surface area contributed by atoms with Crippen molar-refractivity contribution in [3.8, 4) is 11.3 Å². The zero-order valence-electron chi connectivity index (χ0n) is 19.0. The summed E-state index contributed by atoms with van der Waals surface area (Å²) in [4.78, 5) is 47.2. The van der Waals surface area contributed by atoms with E-state index in [-0.39, 0.29) is 23.6 Å². The molecule has 0 saturated carbocycles. The Labute approximate surface area is 217 Å². The standard InChI is InChI=1S/C24H17ClN6O5S/c1-2-15-16(5-6-30(23(15)33)10-19(32)20-9-26-12-36-20)17-7-22(27-8-14-3-4-21(25)37-14)31(29-17)24(34)18-11-35-13-28-18/h2-7,9,11-13,27H,1,8,10H2. The van der Waals surface area contributed by atoms with Gasteiger partial charge in [0.05, 0.1) is 29.3 Å². The molecule has 5 aromatic heterocycles. The summed E-state index contributed by atoms with van der Waals surface area (Å²) in [5.41, 5.74) is 0.576. The quantitative estimate of drug-likeness (QED) is 0.274. The lowest BCUT2D eigenvalue weighted by molar-refractivity contribution is 0.0935. The highest BCUT2D eigenvalue weighted by Gasteiger charge is 2.22. The van der Waals surface area contributed by atoms with Gasteiger partial charge in [0.25, 0.3) is 5.56 Å². The first-order valence-electron chi connectivity index (χ1n) is 10.7. The fraction of sp³-hybridized carbons (Fsp3) is 0.0833. The topological polar surface area (TPSA) is 138 Å². The molecule has 0 spiro atoms. The van der Waals surface area contributed by atoms with Gasteiger partial charge >= 0.3 is 5.91 Å². The van der Waals surface area contributed by atoms with E-state index in [0.29, 0.717) is 28.0 Å². The maximum atomic E-state index is 13.2. The van der Waals surface area contributed by atoms with E-state index in [1.165, 1.54) is 40.6 Å². The van der Waals surface area contributed by atoms with Crippen molar-refractivity contribution in [3.05, 3.63) is 98.9 Å². The molecular formula is C24H17ClN6O5S. The van der Waals surface area contributed by atoms with Gasteiger partial charge in [-0.1, -0.05) is 24.3 Å². The molecule has 0 amide bonds. The maximum absolute atomic E-state index is 13.2. The lowest BCUT2D eigenvalue weighted by Gasteiger charge is -2.08. The van der Waals surface area contributed by atoms with Gasteiger partial charge in [0.1, 0.15) is 12.1 Å². The summed E-state index contributed by atoms with van der Waals surface area (Å²) >= 11 is 7.43. The Morgan fingerprint density at radius 2 is 2.11 bits per heavy atom. The molecule has 0 radical (unpaired) electrons. The molecule has 0 atom stereocenters. The molecule has 0 bridgehead atoms. The number of carbonyl (C=O) groups excluding carboxylic acids is 2. The first kappa shape index (κ1) is 24.2. The zero-order valence-corrected chi connectivity index (χ0v) is 20.5. The number of ketones is 1. The molecular weight excluding hydrogens is 520 g/mol. The molecule has 5 aromatic rings. The second-order valence-electron chi connectivity index (χ2n) is 7.63. The number of halogens is 1. The number of rotatable bonds is 9. The molecule has 5 rings (SSSR count). The van der Waals surface area contributed by atoms with E-state index in [1.807, 2.05) is 6.07 Å². The Balaban J connectivity index is 1.51. The smallest absolute Gasteiger partial charge is 0.301 e. The van der Waals surface area contributed by atoms with Crippen LogP contribution in [0.25, 0.3) is 17.3 Å². The lowest BCUT2D eigenvalue weighted by Crippen LogP contribution is -2.26. The van der Waals surface area contributed by atoms with E-state index in [0.717, 1.165) is 22.3 Å². The molecule has 0 saturated heterocycles. The SMILES string of the molecule is C=Cc1c(-c2cc(NCc3ccc(Cl)s3)n(C(=O)c3cocn3)n2)ccn(CC(=O)c2cnco2)c1=O. The van der Waals surface area contributed by atoms with Crippen LogP contribution in [0.5, 0.6) is 0 Å². The fourth-order valence-electron chi connectivity index (χ4n) is 3.57. The van der Waals surface area contributed by atoms with E-state index in [1.54, 1.807) is 18.2 Å². The van der Waals surface area contributed by atoms with Crippen molar-refractivity contribution in [1.29, 1.82) is 0 Å². The lowest BCUT2D eigenvalue weighted by atomic mass is 10.1. The first-order valence-corrected chi connectivity index (χ1v) is 11.9. The largest absolute Gasteiger partial charge is 0.451 e. The van der Waals surface area contributed by atoms with Crippen LogP contribution in [0.1, 0.15) is 31.5 Å². The second kappa shape index (κ2) is 10.2. The number of Topliss-reactive ketones (excluding diaryl/α,β-unsaturated/α-hetero) is 1. The minimum Gasteiger partial charge on any atom is -0.451 e. The molecule has 11 nitrogen and oxygen atoms in total. The number of anilines is 1. The van der Waals surface area contributed by atoms with Crippen LogP contribution in [0.3, 0.4) is 0 Å². The average Bonchev–Trinajstić information content (AvgIpc) is 3.71. The summed E-state index contributed by atoms with van der Waals surface area (Å²) in [6, 6.07) is 6.92. The maximum Gasteiger partial charge on any atom is 0.301 e. The van der Waals surface area contributed by atoms with Gasteiger partial charge in [0, 0.05) is 28.3 Å². The molecule has 0 unspecified atom stereocenters. The van der Waals surface area contributed by atoms with Crippen LogP contribution in [-0.2, 0) is 13.1 Å². The third kappa shape index (κ3) is 4.92. The van der Waals surface area contributed by atoms with Gasteiger partial charge in [-0.05, 0) is 18.2 Å². The molecule has 13 heteroatoms. The molecule has 186 valence electrons. The number of nitrogens with zero attached hydrogens (tertiary/aromatic N) is 5. The van der Waals surface area contributed by atoms with E-state index >= 15 is 0 Å². The minimum absolute atomic E-state index is 0.0454. The van der Waals surface area contributed by atoms with Gasteiger partial charge < -0.3 is 18.7 Å². The molecule has 5 heterocycles. The Bertz CT molecular complexity index is 1650. The van der Waals surface area contributed by atoms with Crippen molar-refractivity contribution in [2.75, 3.05) is 5.32 Å². The summed E-state index contributed by atoms with van der Waals surface area (Å²) in [6.07, 6.45) is 7.64. The van der Waals surface area contributed by atoms with Crippen LogP contribution in [0.4, 0.5) is 5.82 Å². The number of pyridine rings is 1. The van der Waals surface area contributed by atoms with Crippen molar-refractivity contribution >= 4 is 46.5 Å². The predicted octanol–water partition coefficient (Wildman–Crippen LogP) is 4.23. The van der Waals surface area contributed by atoms with E-state index in [9.17, 15) is 14.4 Å². The molecule has 37 heavy (non-hydrogen) atoms. The van der Waals surface area contributed by atoms with Crippen LogP contribution in [-0.4, -0.2) is 36.0 Å². The summed E-state index contributed by atoms with van der Waals surface area (Å²) in [7, 11) is 0. The summed E-state index contributed by atoms with van der Waals surface area (Å²) in [6.45, 7) is 3.89. The Morgan fingerprint density at radius 1 is 1.24 bits per heavy atom. The number of oxazole rings is 2. The van der Waals surface area contributed by atoms with Gasteiger partial charge in [-0.25, -0.2) is 9.97 Å². The predicted molar refractivity (Wildman–Crippen MR) is 136 cm³/mol. The normalized spacial score (nSPS) is 10.9. The van der Waals surface area contributed by atoms with Crippen LogP contribution < -0.4 is 10.9 Å². The summed E-state index contributed by atoms with van der Waals surface area (Å²) < 4.78 is 13.0. The van der Waals surface area contributed by atoms with Crippen molar-refractivity contribution in [2.45, 2.75) is 13.1 Å². The third-order valence-corrected chi connectivity index (χ3v) is 6.56. The fourth-order valence-corrected chi connectivity index (χ4v) is 4.59. The van der Waals surface area contributed by atoms with Gasteiger partial charge in [-0.2, -0.15) is 9.78 Å². The summed E-state index contributed by atoms with van der Waals surface area (Å²) in [5, 5.41) is 7.63. The van der Waals surface area contributed by atoms with Crippen molar-refractivity contribution in [2.24, 2.45) is 0 Å². The van der Waals surface area contributed by atoms with Crippen LogP contribution in [0.15, 0.2) is 75.9 Å². The molecule has 0 fully saturated rings. The monoisotopic (exact) mass is 536 g/mol. The van der Waals surface area contributed by atoms with Crippen molar-refractivity contribution < 1.29 is 18.4 Å². The first-order chi connectivity index (χ1) is 17.9. The number of hydrogen-bond acceptors (Lipinski definition) is 10. The van der Waals surface area contributed by atoms with Crippen LogP contribution in [0, 0.1) is 0 Å². The second-order valence-corrected chi connectivity index (χ2v) is 9.43. The number of nitrogens with one attached hydrogen (secondary N) is 1. The van der Waals surface area contributed by atoms with Gasteiger partial charge in [0.2, 0.25) is 5.78 Å².